The summed E-state index contributed by atoms with van der Waals surface area (Å²) in [6.07, 6.45) is 1.87. The highest BCUT2D eigenvalue weighted by atomic mass is 35.5. The summed E-state index contributed by atoms with van der Waals surface area (Å²) in [4.78, 5) is 11.8. The van der Waals surface area contributed by atoms with Crippen LogP contribution in [0.1, 0.15) is 26.7 Å². The van der Waals surface area contributed by atoms with Crippen LogP contribution in [0.25, 0.3) is 0 Å². The minimum atomic E-state index is -0.152. The number of amides is 1. The molecule has 0 spiro atoms. The number of hydrogen-bond donors (Lipinski definition) is 1. The van der Waals surface area contributed by atoms with Gasteiger partial charge in [0, 0.05) is 22.9 Å². The van der Waals surface area contributed by atoms with Gasteiger partial charge in [-0.2, -0.15) is 0 Å². The van der Waals surface area contributed by atoms with Gasteiger partial charge in [-0.3, -0.25) is 4.79 Å². The van der Waals surface area contributed by atoms with E-state index in [2.05, 4.69) is 19.2 Å². The molecule has 0 aliphatic heterocycles. The topological polar surface area (TPSA) is 38.3 Å². The smallest absolute Gasteiger partial charge is 0.257 e. The van der Waals surface area contributed by atoms with E-state index in [1.807, 2.05) is 0 Å². The van der Waals surface area contributed by atoms with Crippen molar-refractivity contribution in [1.29, 1.82) is 0 Å². The van der Waals surface area contributed by atoms with E-state index >= 15 is 0 Å². The second kappa shape index (κ2) is 8.38. The van der Waals surface area contributed by atoms with Gasteiger partial charge in [0.15, 0.2) is 6.61 Å². The summed E-state index contributed by atoms with van der Waals surface area (Å²) in [6, 6.07) is 6.98. The maximum atomic E-state index is 11.8. The largest absolute Gasteiger partial charge is 0.484 e. The summed E-state index contributed by atoms with van der Waals surface area (Å²) in [7, 11) is 0. The lowest BCUT2D eigenvalue weighted by Crippen LogP contribution is -2.40. The summed E-state index contributed by atoms with van der Waals surface area (Å²) in [5.41, 5.74) is -0.0345. The van der Waals surface area contributed by atoms with Crippen LogP contribution in [0.4, 0.5) is 0 Å². The zero-order chi connectivity index (χ0) is 15.0. The second-order valence-corrected chi connectivity index (χ2v) is 5.57. The molecule has 112 valence electrons. The highest BCUT2D eigenvalue weighted by Gasteiger charge is 2.25. The summed E-state index contributed by atoms with van der Waals surface area (Å²) in [5, 5.41) is 3.46. The van der Waals surface area contributed by atoms with Crippen molar-refractivity contribution in [2.24, 2.45) is 5.41 Å². The normalized spacial score (nSPS) is 11.2. The number of hydrogen-bond acceptors (Lipinski definition) is 2. The van der Waals surface area contributed by atoms with Gasteiger partial charge in [-0.15, -0.1) is 11.6 Å². The fourth-order valence-electron chi connectivity index (χ4n) is 1.78. The molecule has 20 heavy (non-hydrogen) atoms. The molecule has 1 N–H and O–H groups in total. The lowest BCUT2D eigenvalue weighted by atomic mass is 9.84. The van der Waals surface area contributed by atoms with Crippen molar-refractivity contribution in [3.8, 4) is 5.75 Å². The van der Waals surface area contributed by atoms with E-state index in [1.54, 1.807) is 24.3 Å². The van der Waals surface area contributed by atoms with Crippen LogP contribution in [0.3, 0.4) is 0 Å². The second-order valence-electron chi connectivity index (χ2n) is 4.86. The first-order valence-corrected chi connectivity index (χ1v) is 7.67. The summed E-state index contributed by atoms with van der Waals surface area (Å²) in [6.45, 7) is 4.72. The summed E-state index contributed by atoms with van der Waals surface area (Å²) >= 11 is 11.8. The van der Waals surface area contributed by atoms with Crippen LogP contribution in [-0.4, -0.2) is 24.9 Å². The molecular weight excluding hydrogens is 297 g/mol. The molecule has 0 saturated carbocycles. The van der Waals surface area contributed by atoms with Crippen LogP contribution in [-0.2, 0) is 4.79 Å². The zero-order valence-electron chi connectivity index (χ0n) is 11.9. The molecule has 0 aliphatic rings. The Hall–Kier alpha value is -0.930. The van der Waals surface area contributed by atoms with Crippen molar-refractivity contribution >= 4 is 29.1 Å². The zero-order valence-corrected chi connectivity index (χ0v) is 13.4. The number of nitrogens with one attached hydrogen (secondary N) is 1. The number of carbonyl (C=O) groups excluding carboxylic acids is 1. The number of halogens is 2. The van der Waals surface area contributed by atoms with E-state index in [0.717, 1.165) is 12.8 Å². The number of carbonyl (C=O) groups is 1. The number of benzene rings is 1. The Kier molecular flexibility index (Phi) is 7.17. The lowest BCUT2D eigenvalue weighted by Gasteiger charge is -2.29. The first-order chi connectivity index (χ1) is 9.55. The van der Waals surface area contributed by atoms with E-state index in [0.29, 0.717) is 23.2 Å². The van der Waals surface area contributed by atoms with Crippen LogP contribution in [0.5, 0.6) is 5.75 Å². The van der Waals surface area contributed by atoms with E-state index in [4.69, 9.17) is 27.9 Å². The Morgan fingerprint density at radius 3 is 2.60 bits per heavy atom. The van der Waals surface area contributed by atoms with Crippen molar-refractivity contribution in [3.63, 3.8) is 0 Å². The molecule has 0 saturated heterocycles. The molecule has 1 aromatic rings. The van der Waals surface area contributed by atoms with Crippen molar-refractivity contribution in [2.45, 2.75) is 26.7 Å². The molecule has 0 fully saturated rings. The van der Waals surface area contributed by atoms with Crippen molar-refractivity contribution in [3.05, 3.63) is 29.3 Å². The van der Waals surface area contributed by atoms with Crippen LogP contribution >= 0.6 is 23.2 Å². The van der Waals surface area contributed by atoms with E-state index < -0.39 is 0 Å². The van der Waals surface area contributed by atoms with Gasteiger partial charge >= 0.3 is 0 Å². The third kappa shape index (κ3) is 5.22. The molecule has 0 radical (unpaired) electrons. The van der Waals surface area contributed by atoms with Gasteiger partial charge in [0.2, 0.25) is 0 Å². The van der Waals surface area contributed by atoms with E-state index in [-0.39, 0.29) is 17.9 Å². The van der Waals surface area contributed by atoms with E-state index in [9.17, 15) is 4.79 Å². The van der Waals surface area contributed by atoms with Gasteiger partial charge in [0.25, 0.3) is 5.91 Å². The molecule has 0 bridgehead atoms. The quantitative estimate of drug-likeness (QED) is 0.739. The Bertz CT molecular complexity index is 425. The SMILES string of the molecule is CCC(CC)(CCl)CNC(=O)COc1cccc(Cl)c1. The summed E-state index contributed by atoms with van der Waals surface area (Å²) < 4.78 is 5.39. The van der Waals surface area contributed by atoms with Crippen LogP contribution in [0, 0.1) is 5.41 Å². The first-order valence-electron chi connectivity index (χ1n) is 6.76. The molecule has 0 unspecified atom stereocenters. The Morgan fingerprint density at radius 2 is 2.05 bits per heavy atom. The molecule has 1 aromatic carbocycles. The van der Waals surface area contributed by atoms with E-state index in [1.165, 1.54) is 0 Å². The molecule has 0 aromatic heterocycles. The Balaban J connectivity index is 2.40. The molecular formula is C15H21Cl2NO2. The van der Waals surface area contributed by atoms with Crippen LogP contribution in [0.15, 0.2) is 24.3 Å². The average molecular weight is 318 g/mol. The van der Waals surface area contributed by atoms with Gasteiger partial charge in [-0.05, 0) is 31.0 Å². The van der Waals surface area contributed by atoms with Gasteiger partial charge in [0.05, 0.1) is 0 Å². The maximum Gasteiger partial charge on any atom is 0.257 e. The standard InChI is InChI=1S/C15H21Cl2NO2/c1-3-15(4-2,10-16)11-18-14(19)9-20-13-7-5-6-12(17)8-13/h5-8H,3-4,9-11H2,1-2H3,(H,18,19). The fourth-order valence-corrected chi connectivity index (χ4v) is 2.43. The fraction of sp³-hybridized carbons (Fsp3) is 0.533. The van der Waals surface area contributed by atoms with Gasteiger partial charge < -0.3 is 10.1 Å². The molecule has 0 atom stereocenters. The first kappa shape index (κ1) is 17.1. The average Bonchev–Trinajstić information content (AvgIpc) is 2.47. The highest BCUT2D eigenvalue weighted by Crippen LogP contribution is 2.26. The predicted octanol–water partition coefficient (Wildman–Crippen LogP) is 3.88. The Labute approximate surface area is 130 Å². The maximum absolute atomic E-state index is 11.8. The Morgan fingerprint density at radius 1 is 1.35 bits per heavy atom. The van der Waals surface area contributed by atoms with Gasteiger partial charge in [-0.25, -0.2) is 0 Å². The molecule has 3 nitrogen and oxygen atoms in total. The molecule has 5 heteroatoms. The number of alkyl halides is 1. The molecule has 0 aliphatic carbocycles. The van der Waals surface area contributed by atoms with Crippen LogP contribution in [0.2, 0.25) is 5.02 Å². The predicted molar refractivity (Wildman–Crippen MR) is 83.7 cm³/mol. The third-order valence-electron chi connectivity index (χ3n) is 3.61. The number of ether oxygens (including phenoxy) is 1. The van der Waals surface area contributed by atoms with Crippen molar-refractivity contribution in [2.75, 3.05) is 19.0 Å². The van der Waals surface area contributed by atoms with Crippen molar-refractivity contribution in [1.82, 2.24) is 5.32 Å². The number of rotatable bonds is 8. The lowest BCUT2D eigenvalue weighted by molar-refractivity contribution is -0.123. The minimum absolute atomic E-state index is 0.0217. The monoisotopic (exact) mass is 317 g/mol. The van der Waals surface area contributed by atoms with Crippen molar-refractivity contribution < 1.29 is 9.53 Å². The summed E-state index contributed by atoms with van der Waals surface area (Å²) in [5.74, 6) is 0.971. The molecule has 0 heterocycles. The molecule has 1 amide bonds. The third-order valence-corrected chi connectivity index (χ3v) is 4.41. The van der Waals surface area contributed by atoms with Crippen LogP contribution < -0.4 is 10.1 Å². The molecule has 1 rings (SSSR count). The highest BCUT2D eigenvalue weighted by molar-refractivity contribution is 6.30. The minimum Gasteiger partial charge on any atom is -0.484 e. The van der Waals surface area contributed by atoms with Gasteiger partial charge in [0.1, 0.15) is 5.75 Å². The van der Waals surface area contributed by atoms with Gasteiger partial charge in [-0.1, -0.05) is 31.5 Å².